The smallest absolute Gasteiger partial charge is 0.0880 e. The second-order valence-corrected chi connectivity index (χ2v) is 6.31. The van der Waals surface area contributed by atoms with Crippen LogP contribution in [-0.2, 0) is 11.3 Å². The van der Waals surface area contributed by atoms with E-state index >= 15 is 0 Å². The maximum absolute atomic E-state index is 8.64. The monoisotopic (exact) mass is 376 g/mol. The lowest BCUT2D eigenvalue weighted by atomic mass is 10.1. The summed E-state index contributed by atoms with van der Waals surface area (Å²) >= 11 is 0. The van der Waals surface area contributed by atoms with Gasteiger partial charge in [0.1, 0.15) is 0 Å². The first-order valence-corrected chi connectivity index (χ1v) is 9.31. The zero-order valence-electron chi connectivity index (χ0n) is 15.8. The maximum Gasteiger partial charge on any atom is 0.0880 e. The van der Waals surface area contributed by atoms with Crippen molar-refractivity contribution in [2.75, 3.05) is 37.7 Å². The topological polar surface area (TPSA) is 86.4 Å². The van der Waals surface area contributed by atoms with E-state index in [-0.39, 0.29) is 0 Å². The highest BCUT2D eigenvalue weighted by Gasteiger charge is 2.11. The van der Waals surface area contributed by atoms with Gasteiger partial charge in [-0.25, -0.2) is 0 Å². The Hall–Kier alpha value is -3.08. The maximum atomic E-state index is 8.64. The van der Waals surface area contributed by atoms with Crippen molar-refractivity contribution in [2.24, 2.45) is 4.99 Å². The zero-order valence-corrected chi connectivity index (χ0v) is 15.8. The fourth-order valence-electron chi connectivity index (χ4n) is 3.00. The number of anilines is 1. The summed E-state index contributed by atoms with van der Waals surface area (Å²) < 4.78 is 5.41. The summed E-state index contributed by atoms with van der Waals surface area (Å²) in [5.41, 5.74) is 4.45. The molecule has 1 aromatic carbocycles. The van der Waals surface area contributed by atoms with Gasteiger partial charge in [0.05, 0.1) is 36.4 Å². The Balaban J connectivity index is 1.76. The van der Waals surface area contributed by atoms with Crippen molar-refractivity contribution in [1.29, 1.82) is 5.26 Å². The molecule has 0 amide bonds. The SMILES string of the molecule is C=N/C(=C\c1nccnc1CNCCC#N)c1ccc(N2CCOCC2)cc1. The van der Waals surface area contributed by atoms with Gasteiger partial charge in [0, 0.05) is 56.2 Å². The number of nitriles is 1. The van der Waals surface area contributed by atoms with E-state index in [1.807, 2.05) is 18.2 Å². The molecule has 1 saturated heterocycles. The third kappa shape index (κ3) is 5.22. The van der Waals surface area contributed by atoms with Crippen LogP contribution in [0.3, 0.4) is 0 Å². The van der Waals surface area contributed by atoms with Crippen LogP contribution in [0.5, 0.6) is 0 Å². The molecule has 1 aliphatic heterocycles. The second-order valence-electron chi connectivity index (χ2n) is 6.31. The van der Waals surface area contributed by atoms with Gasteiger partial charge < -0.3 is 15.0 Å². The molecule has 144 valence electrons. The molecule has 2 heterocycles. The number of hydrogen-bond donors (Lipinski definition) is 1. The van der Waals surface area contributed by atoms with Crippen molar-refractivity contribution in [1.82, 2.24) is 15.3 Å². The van der Waals surface area contributed by atoms with Gasteiger partial charge in [0.25, 0.3) is 0 Å². The van der Waals surface area contributed by atoms with E-state index in [0.717, 1.165) is 49.0 Å². The Morgan fingerprint density at radius 3 is 2.71 bits per heavy atom. The fourth-order valence-corrected chi connectivity index (χ4v) is 3.00. The third-order valence-corrected chi connectivity index (χ3v) is 4.50. The number of aromatic nitrogens is 2. The molecule has 0 atom stereocenters. The molecular formula is C21H24N6O. The van der Waals surface area contributed by atoms with Crippen LogP contribution in [0, 0.1) is 11.3 Å². The lowest BCUT2D eigenvalue weighted by Gasteiger charge is -2.28. The minimum Gasteiger partial charge on any atom is -0.378 e. The average molecular weight is 376 g/mol. The molecule has 0 unspecified atom stereocenters. The number of aliphatic imine (C=N–C) groups is 1. The summed E-state index contributed by atoms with van der Waals surface area (Å²) in [4.78, 5) is 15.3. The van der Waals surface area contributed by atoms with Gasteiger partial charge in [-0.05, 0) is 24.9 Å². The molecule has 3 rings (SSSR count). The predicted octanol–water partition coefficient (Wildman–Crippen LogP) is 2.52. The highest BCUT2D eigenvalue weighted by Crippen LogP contribution is 2.23. The summed E-state index contributed by atoms with van der Waals surface area (Å²) in [7, 11) is 0. The number of nitrogens with one attached hydrogen (secondary N) is 1. The number of morpholine rings is 1. The molecule has 0 spiro atoms. The minimum atomic E-state index is 0.459. The molecule has 1 N–H and O–H groups in total. The van der Waals surface area contributed by atoms with Crippen LogP contribution in [0.4, 0.5) is 5.69 Å². The standard InChI is InChI=1S/C21H24N6O/c1-23-19(15-20-21(26-10-9-25-20)16-24-8-2-7-22)17-3-5-18(6-4-17)27-11-13-28-14-12-27/h3-6,9-10,15,24H,1-2,8,11-14,16H2/b19-15-. The summed E-state index contributed by atoms with van der Waals surface area (Å²) in [5, 5.41) is 11.8. The van der Waals surface area contributed by atoms with E-state index in [0.29, 0.717) is 19.5 Å². The number of nitrogens with zero attached hydrogens (tertiary/aromatic N) is 5. The van der Waals surface area contributed by atoms with E-state index < -0.39 is 0 Å². The van der Waals surface area contributed by atoms with E-state index in [4.69, 9.17) is 10.00 Å². The van der Waals surface area contributed by atoms with Crippen LogP contribution < -0.4 is 10.2 Å². The van der Waals surface area contributed by atoms with Gasteiger partial charge in [-0.2, -0.15) is 5.26 Å². The molecule has 28 heavy (non-hydrogen) atoms. The lowest BCUT2D eigenvalue weighted by Crippen LogP contribution is -2.36. The van der Waals surface area contributed by atoms with Crippen molar-refractivity contribution >= 4 is 24.2 Å². The molecular weight excluding hydrogens is 352 g/mol. The largest absolute Gasteiger partial charge is 0.378 e. The fraction of sp³-hybridized carbons (Fsp3) is 0.333. The Kier molecular flexibility index (Phi) is 7.24. The normalized spacial score (nSPS) is 14.5. The van der Waals surface area contributed by atoms with Crippen LogP contribution in [-0.4, -0.2) is 49.5 Å². The highest BCUT2D eigenvalue weighted by molar-refractivity contribution is 5.82. The van der Waals surface area contributed by atoms with Gasteiger partial charge in [0.2, 0.25) is 0 Å². The quantitative estimate of drug-likeness (QED) is 0.563. The number of rotatable bonds is 8. The zero-order chi connectivity index (χ0) is 19.6. The van der Waals surface area contributed by atoms with Gasteiger partial charge in [-0.15, -0.1) is 0 Å². The molecule has 0 aliphatic carbocycles. The molecule has 0 bridgehead atoms. The summed E-state index contributed by atoms with van der Waals surface area (Å²) in [6, 6.07) is 10.4. The van der Waals surface area contributed by atoms with Crippen LogP contribution in [0.25, 0.3) is 11.8 Å². The van der Waals surface area contributed by atoms with E-state index in [1.165, 1.54) is 5.69 Å². The van der Waals surface area contributed by atoms with Crippen LogP contribution in [0.2, 0.25) is 0 Å². The molecule has 1 aromatic heterocycles. The van der Waals surface area contributed by atoms with Crippen LogP contribution >= 0.6 is 0 Å². The molecule has 2 aromatic rings. The first kappa shape index (κ1) is 19.7. The molecule has 0 saturated carbocycles. The van der Waals surface area contributed by atoms with Crippen LogP contribution in [0.1, 0.15) is 23.4 Å². The predicted molar refractivity (Wildman–Crippen MR) is 111 cm³/mol. The summed E-state index contributed by atoms with van der Waals surface area (Å²) in [6.07, 6.45) is 5.68. The summed E-state index contributed by atoms with van der Waals surface area (Å²) in [6.45, 7) is 8.22. The molecule has 7 nitrogen and oxygen atoms in total. The van der Waals surface area contributed by atoms with Crippen molar-refractivity contribution in [3.05, 3.63) is 53.6 Å². The van der Waals surface area contributed by atoms with Gasteiger partial charge >= 0.3 is 0 Å². The molecule has 7 heteroatoms. The minimum absolute atomic E-state index is 0.459. The van der Waals surface area contributed by atoms with Crippen molar-refractivity contribution in [3.8, 4) is 6.07 Å². The number of benzene rings is 1. The van der Waals surface area contributed by atoms with E-state index in [2.05, 4.69) is 50.1 Å². The summed E-state index contributed by atoms with van der Waals surface area (Å²) in [5.74, 6) is 0. The van der Waals surface area contributed by atoms with Gasteiger partial charge in [-0.3, -0.25) is 15.0 Å². The van der Waals surface area contributed by atoms with Crippen molar-refractivity contribution in [3.63, 3.8) is 0 Å². The molecule has 1 fully saturated rings. The Bertz CT molecular complexity index is 850. The van der Waals surface area contributed by atoms with E-state index in [1.54, 1.807) is 12.4 Å². The van der Waals surface area contributed by atoms with Gasteiger partial charge in [0.15, 0.2) is 0 Å². The Labute approximate surface area is 165 Å². The number of hydrogen-bond acceptors (Lipinski definition) is 7. The Morgan fingerprint density at radius 2 is 2.00 bits per heavy atom. The van der Waals surface area contributed by atoms with Crippen molar-refractivity contribution in [2.45, 2.75) is 13.0 Å². The highest BCUT2D eigenvalue weighted by atomic mass is 16.5. The Morgan fingerprint density at radius 1 is 1.25 bits per heavy atom. The third-order valence-electron chi connectivity index (χ3n) is 4.50. The first-order chi connectivity index (χ1) is 13.8. The first-order valence-electron chi connectivity index (χ1n) is 9.31. The molecule has 1 aliphatic rings. The lowest BCUT2D eigenvalue weighted by molar-refractivity contribution is 0.122. The second kappa shape index (κ2) is 10.3. The van der Waals surface area contributed by atoms with E-state index in [9.17, 15) is 0 Å². The average Bonchev–Trinajstić information content (AvgIpc) is 2.76. The molecule has 0 radical (unpaired) electrons. The van der Waals surface area contributed by atoms with Crippen LogP contribution in [0.15, 0.2) is 41.7 Å². The number of ether oxygens (including phenoxy) is 1. The van der Waals surface area contributed by atoms with Gasteiger partial charge in [-0.1, -0.05) is 12.1 Å². The van der Waals surface area contributed by atoms with Crippen molar-refractivity contribution < 1.29 is 4.74 Å².